The molecule has 0 aliphatic rings. The van der Waals surface area contributed by atoms with Crippen LogP contribution in [-0.2, 0) is 18.3 Å². The lowest BCUT2D eigenvalue weighted by atomic mass is 10.1. The molecule has 9 heteroatoms. The van der Waals surface area contributed by atoms with Gasteiger partial charge in [-0.15, -0.1) is 0 Å². The highest BCUT2D eigenvalue weighted by molar-refractivity contribution is 6.29. The first-order chi connectivity index (χ1) is 10.8. The summed E-state index contributed by atoms with van der Waals surface area (Å²) in [5, 5.41) is 11.7. The summed E-state index contributed by atoms with van der Waals surface area (Å²) < 4.78 is 6.33. The van der Waals surface area contributed by atoms with Crippen molar-refractivity contribution in [2.45, 2.75) is 6.54 Å². The Balaban J connectivity index is 2.40. The fourth-order valence-electron chi connectivity index (χ4n) is 2.10. The van der Waals surface area contributed by atoms with E-state index >= 15 is 0 Å². The summed E-state index contributed by atoms with van der Waals surface area (Å²) in [6.07, 6.45) is 1.50. The zero-order valence-electron chi connectivity index (χ0n) is 12.8. The molecule has 0 radical (unpaired) electrons. The van der Waals surface area contributed by atoms with Crippen LogP contribution in [0, 0.1) is 10.1 Å². The molecule has 0 bridgehead atoms. The van der Waals surface area contributed by atoms with Crippen LogP contribution in [0.1, 0.15) is 16.2 Å². The van der Waals surface area contributed by atoms with Crippen molar-refractivity contribution in [3.8, 4) is 0 Å². The monoisotopic (exact) mass is 338 g/mol. The van der Waals surface area contributed by atoms with E-state index in [4.69, 9.17) is 11.6 Å². The Bertz CT molecular complexity index is 759. The van der Waals surface area contributed by atoms with Gasteiger partial charge in [-0.1, -0.05) is 11.6 Å². The highest BCUT2D eigenvalue weighted by atomic mass is 35.5. The van der Waals surface area contributed by atoms with E-state index in [0.29, 0.717) is 11.0 Å². The fraction of sp³-hybridized carbons (Fsp3) is 0.286. The van der Waals surface area contributed by atoms with Crippen molar-refractivity contribution in [2.75, 3.05) is 19.1 Å². The first kappa shape index (κ1) is 16.8. The molecule has 0 spiro atoms. The van der Waals surface area contributed by atoms with E-state index in [1.165, 1.54) is 31.5 Å². The predicted octanol–water partition coefficient (Wildman–Crippen LogP) is 2.40. The molecule has 8 nitrogen and oxygen atoms in total. The molecule has 0 atom stereocenters. The second-order valence-electron chi connectivity index (χ2n) is 4.86. The Labute approximate surface area is 137 Å². The number of carbonyl (C=O) groups is 1. The number of esters is 1. The van der Waals surface area contributed by atoms with Gasteiger partial charge in [0.25, 0.3) is 5.69 Å². The standard InChI is InChI=1S/C14H15ClN4O4/c1-17(8-13-16-7-12(15)18(13)2)11-6-9(14(20)23-3)4-5-10(11)19(21)22/h4-7H,8H2,1-3H3. The van der Waals surface area contributed by atoms with Crippen LogP contribution in [0.5, 0.6) is 0 Å². The maximum Gasteiger partial charge on any atom is 0.337 e. The van der Waals surface area contributed by atoms with Crippen molar-refractivity contribution in [1.29, 1.82) is 0 Å². The number of nitro benzene ring substituents is 1. The molecule has 1 aromatic heterocycles. The van der Waals surface area contributed by atoms with Gasteiger partial charge in [0, 0.05) is 20.2 Å². The second kappa shape index (κ2) is 6.66. The third-order valence-electron chi connectivity index (χ3n) is 3.41. The molecule has 0 fully saturated rings. The van der Waals surface area contributed by atoms with Gasteiger partial charge >= 0.3 is 5.97 Å². The van der Waals surface area contributed by atoms with Crippen LogP contribution in [-0.4, -0.2) is 34.6 Å². The first-order valence-electron chi connectivity index (χ1n) is 6.59. The molecule has 1 aromatic carbocycles. The van der Waals surface area contributed by atoms with Crippen LogP contribution in [0.25, 0.3) is 0 Å². The summed E-state index contributed by atoms with van der Waals surface area (Å²) in [6, 6.07) is 4.07. The van der Waals surface area contributed by atoms with Gasteiger partial charge in [0.1, 0.15) is 16.7 Å². The molecule has 0 aliphatic heterocycles. The summed E-state index contributed by atoms with van der Waals surface area (Å²) in [5.41, 5.74) is 0.412. The molecule has 2 rings (SSSR count). The van der Waals surface area contributed by atoms with Gasteiger partial charge in [-0.2, -0.15) is 0 Å². The average Bonchev–Trinajstić information content (AvgIpc) is 2.85. The number of hydrogen-bond acceptors (Lipinski definition) is 6. The van der Waals surface area contributed by atoms with E-state index < -0.39 is 10.9 Å². The Morgan fingerprint density at radius 1 is 1.52 bits per heavy atom. The third-order valence-corrected chi connectivity index (χ3v) is 3.76. The molecule has 23 heavy (non-hydrogen) atoms. The van der Waals surface area contributed by atoms with Crippen LogP contribution >= 0.6 is 11.6 Å². The van der Waals surface area contributed by atoms with E-state index in [9.17, 15) is 14.9 Å². The number of aromatic nitrogens is 2. The minimum absolute atomic E-state index is 0.111. The minimum Gasteiger partial charge on any atom is -0.465 e. The van der Waals surface area contributed by atoms with Crippen molar-refractivity contribution < 1.29 is 14.5 Å². The Morgan fingerprint density at radius 2 is 2.22 bits per heavy atom. The molecule has 122 valence electrons. The van der Waals surface area contributed by atoms with Crippen molar-refractivity contribution in [3.63, 3.8) is 0 Å². The van der Waals surface area contributed by atoms with Gasteiger partial charge in [-0.25, -0.2) is 9.78 Å². The Kier molecular flexibility index (Phi) is 4.85. The quantitative estimate of drug-likeness (QED) is 0.472. The number of hydrogen-bond donors (Lipinski definition) is 0. The maximum absolute atomic E-state index is 11.6. The highest BCUT2D eigenvalue weighted by Crippen LogP contribution is 2.30. The van der Waals surface area contributed by atoms with E-state index in [0.717, 1.165) is 0 Å². The smallest absolute Gasteiger partial charge is 0.337 e. The van der Waals surface area contributed by atoms with Crippen LogP contribution in [0.3, 0.4) is 0 Å². The van der Waals surface area contributed by atoms with Gasteiger partial charge in [0.15, 0.2) is 0 Å². The Morgan fingerprint density at radius 3 is 2.74 bits per heavy atom. The number of anilines is 1. The lowest BCUT2D eigenvalue weighted by molar-refractivity contribution is -0.384. The molecule has 0 saturated heterocycles. The number of nitrogens with zero attached hydrogens (tertiary/aromatic N) is 4. The molecule has 1 heterocycles. The van der Waals surface area contributed by atoms with Crippen LogP contribution < -0.4 is 4.90 Å². The number of halogens is 1. The van der Waals surface area contributed by atoms with Crippen molar-refractivity contribution in [2.24, 2.45) is 7.05 Å². The van der Waals surface area contributed by atoms with Gasteiger partial charge < -0.3 is 14.2 Å². The molecule has 0 saturated carbocycles. The third kappa shape index (κ3) is 3.42. The second-order valence-corrected chi connectivity index (χ2v) is 5.25. The zero-order chi connectivity index (χ0) is 17.1. The van der Waals surface area contributed by atoms with Gasteiger partial charge in [0.2, 0.25) is 0 Å². The number of ether oxygens (including phenoxy) is 1. The molecule has 0 unspecified atom stereocenters. The summed E-state index contributed by atoms with van der Waals surface area (Å²) >= 11 is 5.94. The molecule has 0 N–H and O–H groups in total. The number of benzene rings is 1. The summed E-state index contributed by atoms with van der Waals surface area (Å²) in [7, 11) is 4.67. The first-order valence-corrected chi connectivity index (χ1v) is 6.97. The number of rotatable bonds is 5. The van der Waals surface area contributed by atoms with Crippen molar-refractivity contribution >= 4 is 28.9 Å². The largest absolute Gasteiger partial charge is 0.465 e. The lowest BCUT2D eigenvalue weighted by Gasteiger charge is -2.19. The maximum atomic E-state index is 11.6. The summed E-state index contributed by atoms with van der Waals surface area (Å²) in [6.45, 7) is 0.286. The SMILES string of the molecule is COC(=O)c1ccc([N+](=O)[O-])c(N(C)Cc2ncc(Cl)n2C)c1. The van der Waals surface area contributed by atoms with E-state index in [1.54, 1.807) is 23.6 Å². The fourth-order valence-corrected chi connectivity index (χ4v) is 2.24. The molecule has 0 amide bonds. The van der Waals surface area contributed by atoms with E-state index in [2.05, 4.69) is 9.72 Å². The number of imidazole rings is 1. The number of methoxy groups -OCH3 is 1. The highest BCUT2D eigenvalue weighted by Gasteiger charge is 2.21. The number of nitro groups is 1. The van der Waals surface area contributed by atoms with Gasteiger partial charge in [-0.3, -0.25) is 10.1 Å². The van der Waals surface area contributed by atoms with E-state index in [1.807, 2.05) is 0 Å². The zero-order valence-corrected chi connectivity index (χ0v) is 13.6. The van der Waals surface area contributed by atoms with Gasteiger partial charge in [-0.05, 0) is 12.1 Å². The van der Waals surface area contributed by atoms with Crippen LogP contribution in [0.4, 0.5) is 11.4 Å². The molecular formula is C14H15ClN4O4. The Hall–Kier alpha value is -2.61. The molecular weight excluding hydrogens is 324 g/mol. The number of carbonyl (C=O) groups excluding carboxylic acids is 1. The van der Waals surface area contributed by atoms with Crippen molar-refractivity contribution in [1.82, 2.24) is 9.55 Å². The van der Waals surface area contributed by atoms with Crippen LogP contribution in [0.2, 0.25) is 5.15 Å². The molecule has 0 aliphatic carbocycles. The van der Waals surface area contributed by atoms with Crippen molar-refractivity contribution in [3.05, 3.63) is 51.1 Å². The van der Waals surface area contributed by atoms with Crippen LogP contribution in [0.15, 0.2) is 24.4 Å². The van der Waals surface area contributed by atoms with E-state index in [-0.39, 0.29) is 23.5 Å². The predicted molar refractivity (Wildman–Crippen MR) is 84.8 cm³/mol. The molecule has 2 aromatic rings. The van der Waals surface area contributed by atoms with Gasteiger partial charge in [0.05, 0.1) is 30.3 Å². The lowest BCUT2D eigenvalue weighted by Crippen LogP contribution is -2.20. The summed E-state index contributed by atoms with van der Waals surface area (Å²) in [4.78, 5) is 28.1. The summed E-state index contributed by atoms with van der Waals surface area (Å²) in [5.74, 6) is 0.0739. The topological polar surface area (TPSA) is 90.5 Å². The normalized spacial score (nSPS) is 10.4. The minimum atomic E-state index is -0.561. The average molecular weight is 339 g/mol.